The van der Waals surface area contributed by atoms with E-state index in [2.05, 4.69) is 0 Å². The number of ketones is 2. The third-order valence-corrected chi connectivity index (χ3v) is 8.11. The van der Waals surface area contributed by atoms with E-state index >= 15 is 0 Å². The molecule has 4 heteroatoms. The summed E-state index contributed by atoms with van der Waals surface area (Å²) >= 11 is 0. The summed E-state index contributed by atoms with van der Waals surface area (Å²) < 4.78 is 12.3. The highest BCUT2D eigenvalue weighted by Crippen LogP contribution is 2.45. The van der Waals surface area contributed by atoms with Gasteiger partial charge in [0.15, 0.2) is 23.1 Å². The van der Waals surface area contributed by atoms with Crippen LogP contribution in [0.3, 0.4) is 0 Å². The van der Waals surface area contributed by atoms with Crippen molar-refractivity contribution in [3.05, 3.63) is 46.9 Å². The number of ether oxygens (including phenoxy) is 2. The minimum Gasteiger partial charge on any atom is -0.453 e. The van der Waals surface area contributed by atoms with E-state index in [1.54, 1.807) is 0 Å². The monoisotopic (exact) mass is 456 g/mol. The first-order valence-corrected chi connectivity index (χ1v) is 13.1. The Morgan fingerprint density at radius 1 is 0.618 bits per heavy atom. The van der Waals surface area contributed by atoms with Crippen LogP contribution in [0.2, 0.25) is 0 Å². The van der Waals surface area contributed by atoms with Gasteiger partial charge in [-0.05, 0) is 47.2 Å². The highest BCUT2D eigenvalue weighted by atomic mass is 16.5. The molecule has 0 atom stereocenters. The van der Waals surface area contributed by atoms with Crippen molar-refractivity contribution in [1.82, 2.24) is 0 Å². The average molecular weight is 457 g/mol. The fourth-order valence-corrected chi connectivity index (χ4v) is 6.26. The maximum atomic E-state index is 13.0. The van der Waals surface area contributed by atoms with Crippen molar-refractivity contribution in [3.8, 4) is 11.5 Å². The predicted molar refractivity (Wildman–Crippen MR) is 134 cm³/mol. The smallest absolute Gasteiger partial charge is 0.198 e. The first kappa shape index (κ1) is 21.6. The number of rotatable bonds is 6. The fraction of sp³-hybridized carbons (Fsp3) is 0.467. The van der Waals surface area contributed by atoms with Gasteiger partial charge in [0.2, 0.25) is 0 Å². The Bertz CT molecular complexity index is 1110. The van der Waals surface area contributed by atoms with E-state index in [1.165, 1.54) is 38.5 Å². The molecule has 2 aliphatic carbocycles. The molecule has 0 amide bonds. The van der Waals surface area contributed by atoms with Crippen LogP contribution in [0.25, 0.3) is 22.9 Å². The van der Waals surface area contributed by atoms with Gasteiger partial charge in [-0.25, -0.2) is 0 Å². The summed E-state index contributed by atoms with van der Waals surface area (Å²) in [5, 5.41) is 1.92. The number of hydrogen-bond acceptors (Lipinski definition) is 4. The second-order valence-electron chi connectivity index (χ2n) is 10.5. The molecule has 0 saturated heterocycles. The van der Waals surface area contributed by atoms with Gasteiger partial charge in [-0.15, -0.1) is 0 Å². The summed E-state index contributed by atoms with van der Waals surface area (Å²) in [5.41, 5.74) is 1.95. The Morgan fingerprint density at radius 3 is 1.44 bits per heavy atom. The van der Waals surface area contributed by atoms with Crippen LogP contribution < -0.4 is 9.47 Å². The molecule has 6 rings (SSSR count). The number of Topliss-reactive ketones (excluding diaryl/α,β-unsaturated/α-hetero) is 2. The molecule has 176 valence electrons. The lowest BCUT2D eigenvalue weighted by molar-refractivity contribution is -0.119. The minimum atomic E-state index is 0.0951. The summed E-state index contributed by atoms with van der Waals surface area (Å²) in [6, 6.07) is 7.82. The summed E-state index contributed by atoms with van der Waals surface area (Å²) in [6.45, 7) is 0. The number of benzene rings is 2. The van der Waals surface area contributed by atoms with Crippen molar-refractivity contribution in [2.45, 2.75) is 77.0 Å². The van der Waals surface area contributed by atoms with Crippen LogP contribution in [0.1, 0.15) is 88.2 Å². The van der Waals surface area contributed by atoms with Gasteiger partial charge in [-0.1, -0.05) is 76.3 Å². The number of carbonyl (C=O) groups is 2. The second-order valence-corrected chi connectivity index (χ2v) is 10.5. The molecular formula is C30H32O4. The average Bonchev–Trinajstić information content (AvgIpc) is 2.88. The SMILES string of the molecule is O=C(CC1CCCCC1)C1=Cc2ccc3c4c(ccc(c24)O1)C=C(C(=O)CC1CCCCC1)O3. The van der Waals surface area contributed by atoms with Crippen molar-refractivity contribution < 1.29 is 19.1 Å². The second kappa shape index (κ2) is 9.05. The van der Waals surface area contributed by atoms with Crippen LogP contribution in [0.5, 0.6) is 11.5 Å². The van der Waals surface area contributed by atoms with Gasteiger partial charge < -0.3 is 9.47 Å². The van der Waals surface area contributed by atoms with E-state index in [0.29, 0.717) is 47.7 Å². The van der Waals surface area contributed by atoms with Crippen molar-refractivity contribution in [1.29, 1.82) is 0 Å². The molecule has 34 heavy (non-hydrogen) atoms. The Balaban J connectivity index is 1.27. The van der Waals surface area contributed by atoms with Crippen molar-refractivity contribution >= 4 is 34.5 Å². The lowest BCUT2D eigenvalue weighted by Gasteiger charge is -2.26. The quantitative estimate of drug-likeness (QED) is 0.455. The van der Waals surface area contributed by atoms with Gasteiger partial charge in [0, 0.05) is 23.6 Å². The maximum Gasteiger partial charge on any atom is 0.198 e. The van der Waals surface area contributed by atoms with Crippen molar-refractivity contribution in [3.63, 3.8) is 0 Å². The van der Waals surface area contributed by atoms with Gasteiger partial charge in [0.1, 0.15) is 11.5 Å². The molecule has 0 unspecified atom stereocenters. The Labute approximate surface area is 201 Å². The highest BCUT2D eigenvalue weighted by molar-refractivity contribution is 6.11. The number of hydrogen-bond donors (Lipinski definition) is 0. The first-order chi connectivity index (χ1) is 16.7. The molecule has 2 aromatic carbocycles. The molecule has 0 spiro atoms. The van der Waals surface area contributed by atoms with Crippen molar-refractivity contribution in [2.75, 3.05) is 0 Å². The van der Waals surface area contributed by atoms with Crippen LogP contribution in [0, 0.1) is 11.8 Å². The zero-order chi connectivity index (χ0) is 23.1. The molecule has 2 saturated carbocycles. The number of allylic oxidation sites excluding steroid dienone is 2. The Kier molecular flexibility index (Phi) is 5.76. The molecule has 4 nitrogen and oxygen atoms in total. The molecule has 0 radical (unpaired) electrons. The molecule has 0 N–H and O–H groups in total. The molecule has 0 aromatic heterocycles. The van der Waals surface area contributed by atoms with E-state index in [0.717, 1.165) is 47.6 Å². The lowest BCUT2D eigenvalue weighted by Crippen LogP contribution is -2.19. The summed E-state index contributed by atoms with van der Waals surface area (Å²) in [7, 11) is 0. The normalized spacial score (nSPS) is 20.2. The minimum absolute atomic E-state index is 0.0951. The molecule has 2 aliphatic heterocycles. The van der Waals surface area contributed by atoms with Gasteiger partial charge in [-0.3, -0.25) is 9.59 Å². The Hall–Kier alpha value is -2.88. The van der Waals surface area contributed by atoms with Crippen LogP contribution in [0.4, 0.5) is 0 Å². The van der Waals surface area contributed by atoms with E-state index < -0.39 is 0 Å². The molecule has 0 bridgehead atoms. The van der Waals surface area contributed by atoms with Gasteiger partial charge in [0.05, 0.1) is 0 Å². The van der Waals surface area contributed by atoms with E-state index in [4.69, 9.17) is 9.47 Å². The topological polar surface area (TPSA) is 52.6 Å². The molecule has 2 fully saturated rings. The van der Waals surface area contributed by atoms with Crippen LogP contribution in [-0.2, 0) is 9.59 Å². The van der Waals surface area contributed by atoms with Crippen molar-refractivity contribution in [2.24, 2.45) is 11.8 Å². The maximum absolute atomic E-state index is 13.0. The third-order valence-electron chi connectivity index (χ3n) is 8.11. The summed E-state index contributed by atoms with van der Waals surface area (Å²) in [4.78, 5) is 26.0. The van der Waals surface area contributed by atoms with Crippen LogP contribution in [-0.4, -0.2) is 11.6 Å². The van der Waals surface area contributed by atoms with Gasteiger partial charge in [-0.2, -0.15) is 0 Å². The van der Waals surface area contributed by atoms with E-state index in [9.17, 15) is 9.59 Å². The van der Waals surface area contributed by atoms with Crippen LogP contribution >= 0.6 is 0 Å². The van der Waals surface area contributed by atoms with E-state index in [-0.39, 0.29) is 11.6 Å². The van der Waals surface area contributed by atoms with Gasteiger partial charge in [0.25, 0.3) is 0 Å². The fourth-order valence-electron chi connectivity index (χ4n) is 6.26. The Morgan fingerprint density at radius 2 is 1.03 bits per heavy atom. The largest absolute Gasteiger partial charge is 0.453 e. The first-order valence-electron chi connectivity index (χ1n) is 13.1. The molecule has 2 heterocycles. The summed E-state index contributed by atoms with van der Waals surface area (Å²) in [5.74, 6) is 3.42. The van der Waals surface area contributed by atoms with Gasteiger partial charge >= 0.3 is 0 Å². The number of carbonyl (C=O) groups excluding carboxylic acids is 2. The zero-order valence-electron chi connectivity index (χ0n) is 19.7. The zero-order valence-corrected chi connectivity index (χ0v) is 19.7. The lowest BCUT2D eigenvalue weighted by atomic mass is 9.85. The standard InChI is InChI=1S/C30H32O4/c31-23(15-19-7-3-1-4-8-19)27-17-21-11-14-26-30-22(12-13-25(33-27)29(21)30)18-28(34-26)24(32)16-20-9-5-2-6-10-20/h11-14,17-20H,1-10,15-16H2. The molecule has 2 aromatic rings. The van der Waals surface area contributed by atoms with Crippen LogP contribution in [0.15, 0.2) is 35.8 Å². The van der Waals surface area contributed by atoms with E-state index in [1.807, 2.05) is 36.4 Å². The summed E-state index contributed by atoms with van der Waals surface area (Å²) in [6.07, 6.45) is 17.0. The molecular weight excluding hydrogens is 424 g/mol. The third kappa shape index (κ3) is 4.08. The molecule has 4 aliphatic rings. The highest BCUT2D eigenvalue weighted by Gasteiger charge is 2.29. The predicted octanol–water partition coefficient (Wildman–Crippen LogP) is 7.39.